The van der Waals surface area contributed by atoms with Gasteiger partial charge in [-0.3, -0.25) is 14.8 Å². The summed E-state index contributed by atoms with van der Waals surface area (Å²) < 4.78 is 5.60. The molecule has 3 rings (SSSR count). The summed E-state index contributed by atoms with van der Waals surface area (Å²) in [5.74, 6) is 0.588. The molecule has 2 heterocycles. The maximum absolute atomic E-state index is 12.4. The topological polar surface area (TPSA) is 64.1 Å². The van der Waals surface area contributed by atoms with Crippen molar-refractivity contribution >= 4 is 23.6 Å². The van der Waals surface area contributed by atoms with Gasteiger partial charge in [-0.05, 0) is 31.2 Å². The van der Waals surface area contributed by atoms with E-state index in [2.05, 4.69) is 15.3 Å². The number of nitrogens with zero attached hydrogens (tertiary/aromatic N) is 2. The summed E-state index contributed by atoms with van der Waals surface area (Å²) in [6, 6.07) is 5.30. The Morgan fingerprint density at radius 1 is 1.43 bits per heavy atom. The van der Waals surface area contributed by atoms with Crippen molar-refractivity contribution < 1.29 is 9.53 Å². The Hall–Kier alpha value is -2.40. The third-order valence-electron chi connectivity index (χ3n) is 3.49. The van der Waals surface area contributed by atoms with E-state index in [-0.39, 0.29) is 18.6 Å². The van der Waals surface area contributed by atoms with E-state index in [1.54, 1.807) is 36.8 Å². The number of hydrogen-bond acceptors (Lipinski definition) is 4. The molecule has 5 nitrogen and oxygen atoms in total. The third kappa shape index (κ3) is 3.87. The fraction of sp³-hybridized carbons (Fsp3) is 0.235. The first kappa shape index (κ1) is 15.5. The van der Waals surface area contributed by atoms with E-state index in [1.807, 2.05) is 13.0 Å². The van der Waals surface area contributed by atoms with Gasteiger partial charge < -0.3 is 10.1 Å². The number of amides is 1. The molecular weight excluding hydrogens is 314 g/mol. The molecule has 0 aliphatic carbocycles. The van der Waals surface area contributed by atoms with Crippen LogP contribution in [0.15, 0.2) is 42.4 Å². The molecule has 1 aliphatic heterocycles. The second kappa shape index (κ2) is 6.79. The van der Waals surface area contributed by atoms with Crippen LogP contribution in [-0.4, -0.2) is 28.5 Å². The minimum Gasteiger partial charge on any atom is -0.488 e. The quantitative estimate of drug-likeness (QED) is 0.936. The summed E-state index contributed by atoms with van der Waals surface area (Å²) in [4.78, 5) is 20.6. The first-order valence-electron chi connectivity index (χ1n) is 7.30. The van der Waals surface area contributed by atoms with Crippen molar-refractivity contribution in [2.75, 3.05) is 6.61 Å². The number of nitrogens with one attached hydrogen (secondary N) is 1. The van der Waals surface area contributed by atoms with E-state index in [0.29, 0.717) is 17.0 Å². The highest BCUT2D eigenvalue weighted by Gasteiger charge is 2.19. The fourth-order valence-electron chi connectivity index (χ4n) is 2.40. The molecule has 0 spiro atoms. The van der Waals surface area contributed by atoms with E-state index in [4.69, 9.17) is 16.3 Å². The molecule has 0 saturated heterocycles. The van der Waals surface area contributed by atoms with Crippen LogP contribution in [0.1, 0.15) is 18.2 Å². The summed E-state index contributed by atoms with van der Waals surface area (Å²) in [5.41, 5.74) is 2.23. The molecule has 1 aromatic heterocycles. The number of carbonyl (C=O) groups excluding carboxylic acids is 1. The van der Waals surface area contributed by atoms with E-state index in [1.165, 1.54) is 0 Å². The Morgan fingerprint density at radius 2 is 2.30 bits per heavy atom. The van der Waals surface area contributed by atoms with Gasteiger partial charge in [0.25, 0.3) is 5.91 Å². The number of ether oxygens (including phenoxy) is 1. The van der Waals surface area contributed by atoms with Gasteiger partial charge in [-0.25, -0.2) is 0 Å². The van der Waals surface area contributed by atoms with Gasteiger partial charge in [-0.1, -0.05) is 11.6 Å². The van der Waals surface area contributed by atoms with Crippen molar-refractivity contribution in [1.29, 1.82) is 0 Å². The standard InChI is InChI=1S/C17H16ClN3O2/c1-11(6-15-9-19-4-5-20-15)21-17(22)13-7-12-8-14(18)2-3-16(12)23-10-13/h2-5,7-9,11H,6,10H2,1H3,(H,21,22)/t11-/m0/s1. The van der Waals surface area contributed by atoms with Crippen molar-refractivity contribution in [2.45, 2.75) is 19.4 Å². The molecule has 1 aliphatic rings. The van der Waals surface area contributed by atoms with Crippen LogP contribution in [0, 0.1) is 0 Å². The van der Waals surface area contributed by atoms with Crippen molar-refractivity contribution in [2.24, 2.45) is 0 Å². The number of aromatic nitrogens is 2. The number of fused-ring (bicyclic) bond motifs is 1. The summed E-state index contributed by atoms with van der Waals surface area (Å²) in [7, 11) is 0. The Kier molecular flexibility index (Phi) is 4.57. The van der Waals surface area contributed by atoms with Gasteiger partial charge in [0.15, 0.2) is 0 Å². The Labute approximate surface area is 139 Å². The molecule has 0 unspecified atom stereocenters. The molecular formula is C17H16ClN3O2. The lowest BCUT2D eigenvalue weighted by atomic mass is 10.1. The smallest absolute Gasteiger partial charge is 0.250 e. The molecule has 0 bridgehead atoms. The number of hydrogen-bond donors (Lipinski definition) is 1. The summed E-state index contributed by atoms with van der Waals surface area (Å²) >= 11 is 5.98. The zero-order valence-electron chi connectivity index (χ0n) is 12.6. The average molecular weight is 330 g/mol. The van der Waals surface area contributed by atoms with E-state index in [9.17, 15) is 4.79 Å². The average Bonchev–Trinajstić information content (AvgIpc) is 2.54. The van der Waals surface area contributed by atoms with Crippen LogP contribution in [0.3, 0.4) is 0 Å². The first-order valence-corrected chi connectivity index (χ1v) is 7.68. The van der Waals surface area contributed by atoms with E-state index in [0.717, 1.165) is 17.0 Å². The molecule has 0 fully saturated rings. The van der Waals surface area contributed by atoms with Crippen LogP contribution in [-0.2, 0) is 11.2 Å². The maximum atomic E-state index is 12.4. The predicted octanol–water partition coefficient (Wildman–Crippen LogP) is 2.65. The Morgan fingerprint density at radius 3 is 3.09 bits per heavy atom. The number of benzene rings is 1. The molecule has 118 valence electrons. The molecule has 1 amide bonds. The SMILES string of the molecule is C[C@@H](Cc1cnccn1)NC(=O)C1=Cc2cc(Cl)ccc2OC1. The fourth-order valence-corrected chi connectivity index (χ4v) is 2.58. The van der Waals surface area contributed by atoms with Gasteiger partial charge in [0.05, 0.1) is 11.3 Å². The molecule has 23 heavy (non-hydrogen) atoms. The van der Waals surface area contributed by atoms with Crippen LogP contribution >= 0.6 is 11.6 Å². The molecule has 0 radical (unpaired) electrons. The highest BCUT2D eigenvalue weighted by atomic mass is 35.5. The van der Waals surface area contributed by atoms with Crippen LogP contribution < -0.4 is 10.1 Å². The Bertz CT molecular complexity index is 747. The normalized spacial score (nSPS) is 14.3. The predicted molar refractivity (Wildman–Crippen MR) is 88.3 cm³/mol. The van der Waals surface area contributed by atoms with Gasteiger partial charge >= 0.3 is 0 Å². The zero-order valence-corrected chi connectivity index (χ0v) is 13.4. The van der Waals surface area contributed by atoms with Crippen LogP contribution in [0.5, 0.6) is 5.75 Å². The third-order valence-corrected chi connectivity index (χ3v) is 3.72. The van der Waals surface area contributed by atoms with E-state index >= 15 is 0 Å². The molecule has 1 aromatic carbocycles. The minimum absolute atomic E-state index is 0.0548. The monoisotopic (exact) mass is 329 g/mol. The molecule has 1 N–H and O–H groups in total. The molecule has 2 aromatic rings. The summed E-state index contributed by atoms with van der Waals surface area (Å²) in [5, 5.41) is 3.57. The van der Waals surface area contributed by atoms with Crippen LogP contribution in [0.2, 0.25) is 5.02 Å². The van der Waals surface area contributed by atoms with Gasteiger partial charge in [0.2, 0.25) is 0 Å². The van der Waals surface area contributed by atoms with Crippen molar-refractivity contribution in [3.8, 4) is 5.75 Å². The van der Waals surface area contributed by atoms with E-state index < -0.39 is 0 Å². The first-order chi connectivity index (χ1) is 11.1. The van der Waals surface area contributed by atoms with Gasteiger partial charge in [-0.2, -0.15) is 0 Å². The van der Waals surface area contributed by atoms with Crippen molar-refractivity contribution in [3.05, 3.63) is 58.6 Å². The molecule has 0 saturated carbocycles. The van der Waals surface area contributed by atoms with Gasteiger partial charge in [0.1, 0.15) is 12.4 Å². The van der Waals surface area contributed by atoms with Gasteiger partial charge in [-0.15, -0.1) is 0 Å². The summed E-state index contributed by atoms with van der Waals surface area (Å²) in [6.45, 7) is 2.18. The summed E-state index contributed by atoms with van der Waals surface area (Å²) in [6.07, 6.45) is 7.40. The zero-order chi connectivity index (χ0) is 16.2. The number of rotatable bonds is 4. The highest BCUT2D eigenvalue weighted by Crippen LogP contribution is 2.28. The van der Waals surface area contributed by atoms with Crippen LogP contribution in [0.25, 0.3) is 6.08 Å². The maximum Gasteiger partial charge on any atom is 0.250 e. The largest absolute Gasteiger partial charge is 0.488 e. The van der Waals surface area contributed by atoms with Crippen molar-refractivity contribution in [1.82, 2.24) is 15.3 Å². The lowest BCUT2D eigenvalue weighted by molar-refractivity contribution is -0.118. The number of carbonyl (C=O) groups is 1. The van der Waals surface area contributed by atoms with Crippen LogP contribution in [0.4, 0.5) is 0 Å². The lowest BCUT2D eigenvalue weighted by Gasteiger charge is -2.20. The lowest BCUT2D eigenvalue weighted by Crippen LogP contribution is -2.36. The number of halogens is 1. The highest BCUT2D eigenvalue weighted by molar-refractivity contribution is 6.30. The van der Waals surface area contributed by atoms with Crippen molar-refractivity contribution in [3.63, 3.8) is 0 Å². The Balaban J connectivity index is 1.66. The second-order valence-corrected chi connectivity index (χ2v) is 5.85. The minimum atomic E-state index is -0.146. The molecule has 6 heteroatoms. The second-order valence-electron chi connectivity index (χ2n) is 5.42. The molecule has 1 atom stereocenters. The van der Waals surface area contributed by atoms with Gasteiger partial charge in [0, 0.05) is 41.6 Å².